The maximum Gasteiger partial charge on any atom is 0.0897 e. The molecule has 17 heavy (non-hydrogen) atoms. The minimum Gasteiger partial charge on any atom is -0.389 e. The molecule has 0 aliphatic carbocycles. The van der Waals surface area contributed by atoms with Gasteiger partial charge in [0.25, 0.3) is 0 Å². The molecule has 3 nitrogen and oxygen atoms in total. The zero-order valence-electron chi connectivity index (χ0n) is 11.2. The fraction of sp³-hybridized carbons (Fsp3) is 1.00. The van der Waals surface area contributed by atoms with Gasteiger partial charge < -0.3 is 15.2 Å². The predicted molar refractivity (Wildman–Crippen MR) is 74.6 cm³/mol. The van der Waals surface area contributed by atoms with Gasteiger partial charge in [-0.25, -0.2) is 0 Å². The fourth-order valence-electron chi connectivity index (χ4n) is 1.88. The number of aliphatic hydroxyl groups is 1. The van der Waals surface area contributed by atoms with Gasteiger partial charge in [0, 0.05) is 24.9 Å². The molecule has 1 fully saturated rings. The molecule has 0 amide bonds. The molecule has 102 valence electrons. The molecule has 0 radical (unpaired) electrons. The Kier molecular flexibility index (Phi) is 8.27. The maximum atomic E-state index is 9.70. The van der Waals surface area contributed by atoms with Gasteiger partial charge in [0.15, 0.2) is 0 Å². The van der Waals surface area contributed by atoms with Crippen molar-refractivity contribution < 1.29 is 9.84 Å². The lowest BCUT2D eigenvalue weighted by Crippen LogP contribution is -2.35. The Bertz CT molecular complexity index is 184. The first-order valence-corrected chi connectivity index (χ1v) is 7.81. The van der Waals surface area contributed by atoms with Crippen molar-refractivity contribution in [3.05, 3.63) is 0 Å². The topological polar surface area (TPSA) is 41.5 Å². The van der Waals surface area contributed by atoms with Crippen LogP contribution in [-0.2, 0) is 4.74 Å². The SMILES string of the molecule is CC(C)COCC(O)CNCC1CCCCS1. The monoisotopic (exact) mass is 261 g/mol. The van der Waals surface area contributed by atoms with E-state index in [9.17, 15) is 5.11 Å². The van der Waals surface area contributed by atoms with Crippen LogP contribution < -0.4 is 5.32 Å². The van der Waals surface area contributed by atoms with Crippen LogP contribution in [0, 0.1) is 5.92 Å². The van der Waals surface area contributed by atoms with E-state index in [0.29, 0.717) is 19.1 Å². The van der Waals surface area contributed by atoms with E-state index in [2.05, 4.69) is 30.9 Å². The lowest BCUT2D eigenvalue weighted by molar-refractivity contribution is 0.0262. The highest BCUT2D eigenvalue weighted by Gasteiger charge is 2.13. The molecule has 1 rings (SSSR count). The molecule has 0 aromatic rings. The molecule has 2 N–H and O–H groups in total. The number of aliphatic hydroxyl groups excluding tert-OH is 1. The highest BCUT2D eigenvalue weighted by atomic mass is 32.2. The van der Waals surface area contributed by atoms with Gasteiger partial charge in [-0.05, 0) is 24.5 Å². The van der Waals surface area contributed by atoms with Crippen molar-refractivity contribution >= 4 is 11.8 Å². The highest BCUT2D eigenvalue weighted by molar-refractivity contribution is 7.99. The zero-order chi connectivity index (χ0) is 12.5. The molecular formula is C13H27NO2S. The van der Waals surface area contributed by atoms with Crippen LogP contribution in [0.15, 0.2) is 0 Å². The molecule has 0 aromatic carbocycles. The van der Waals surface area contributed by atoms with Crippen LogP contribution in [0.3, 0.4) is 0 Å². The summed E-state index contributed by atoms with van der Waals surface area (Å²) in [5.74, 6) is 1.83. The van der Waals surface area contributed by atoms with Crippen molar-refractivity contribution in [3.8, 4) is 0 Å². The molecule has 4 heteroatoms. The molecule has 0 spiro atoms. The summed E-state index contributed by atoms with van der Waals surface area (Å²) >= 11 is 2.06. The Morgan fingerprint density at radius 1 is 1.35 bits per heavy atom. The zero-order valence-corrected chi connectivity index (χ0v) is 12.0. The van der Waals surface area contributed by atoms with Crippen LogP contribution >= 0.6 is 11.8 Å². The van der Waals surface area contributed by atoms with E-state index in [-0.39, 0.29) is 6.10 Å². The molecule has 1 saturated heterocycles. The molecule has 1 aliphatic rings. The van der Waals surface area contributed by atoms with E-state index < -0.39 is 0 Å². The summed E-state index contributed by atoms with van der Waals surface area (Å²) in [5.41, 5.74) is 0. The summed E-state index contributed by atoms with van der Waals surface area (Å²) in [5, 5.41) is 13.8. The van der Waals surface area contributed by atoms with Gasteiger partial charge >= 0.3 is 0 Å². The Morgan fingerprint density at radius 2 is 2.18 bits per heavy atom. The molecule has 0 bridgehead atoms. The van der Waals surface area contributed by atoms with E-state index in [1.54, 1.807) is 0 Å². The lowest BCUT2D eigenvalue weighted by Gasteiger charge is -2.22. The Morgan fingerprint density at radius 3 is 2.82 bits per heavy atom. The van der Waals surface area contributed by atoms with Crippen LogP contribution in [0.2, 0.25) is 0 Å². The number of rotatable bonds is 8. The van der Waals surface area contributed by atoms with E-state index >= 15 is 0 Å². The Hall–Kier alpha value is 0.230. The Balaban J connectivity index is 1.93. The standard InChI is InChI=1S/C13H27NO2S/c1-11(2)9-16-10-12(15)7-14-8-13-5-3-4-6-17-13/h11-15H,3-10H2,1-2H3. The van der Waals surface area contributed by atoms with E-state index in [4.69, 9.17) is 4.74 Å². The van der Waals surface area contributed by atoms with Gasteiger partial charge in [-0.2, -0.15) is 11.8 Å². The largest absolute Gasteiger partial charge is 0.389 e. The second-order valence-electron chi connectivity index (χ2n) is 5.23. The summed E-state index contributed by atoms with van der Waals surface area (Å²) in [6.45, 7) is 7.08. The number of ether oxygens (including phenoxy) is 1. The average molecular weight is 261 g/mol. The summed E-state index contributed by atoms with van der Waals surface area (Å²) in [6, 6.07) is 0. The third kappa shape index (κ3) is 8.03. The van der Waals surface area contributed by atoms with E-state index in [1.165, 1.54) is 25.0 Å². The normalized spacial score (nSPS) is 22.9. The minimum absolute atomic E-state index is 0.373. The van der Waals surface area contributed by atoms with Crippen LogP contribution in [-0.4, -0.2) is 48.5 Å². The number of thioether (sulfide) groups is 1. The average Bonchev–Trinajstić information content (AvgIpc) is 2.30. The number of hydrogen-bond acceptors (Lipinski definition) is 4. The third-order valence-electron chi connectivity index (χ3n) is 2.79. The van der Waals surface area contributed by atoms with Crippen molar-refractivity contribution in [2.75, 3.05) is 32.1 Å². The van der Waals surface area contributed by atoms with Crippen molar-refractivity contribution in [3.63, 3.8) is 0 Å². The quantitative estimate of drug-likeness (QED) is 0.700. The summed E-state index contributed by atoms with van der Waals surface area (Å²) in [4.78, 5) is 0. The van der Waals surface area contributed by atoms with Gasteiger partial charge in [-0.15, -0.1) is 0 Å². The van der Waals surface area contributed by atoms with Crippen LogP contribution in [0.5, 0.6) is 0 Å². The smallest absolute Gasteiger partial charge is 0.0897 e. The molecule has 2 unspecified atom stereocenters. The number of hydrogen-bond donors (Lipinski definition) is 2. The van der Waals surface area contributed by atoms with Gasteiger partial charge in [-0.3, -0.25) is 0 Å². The van der Waals surface area contributed by atoms with E-state index in [1.807, 2.05) is 0 Å². The summed E-state index contributed by atoms with van der Waals surface area (Å²) in [7, 11) is 0. The molecule has 0 aromatic heterocycles. The summed E-state index contributed by atoms with van der Waals surface area (Å²) in [6.07, 6.45) is 3.67. The second kappa shape index (κ2) is 9.20. The van der Waals surface area contributed by atoms with Gasteiger partial charge in [0.05, 0.1) is 12.7 Å². The van der Waals surface area contributed by atoms with Gasteiger partial charge in [-0.1, -0.05) is 20.3 Å². The third-order valence-corrected chi connectivity index (χ3v) is 4.19. The van der Waals surface area contributed by atoms with Crippen LogP contribution in [0.25, 0.3) is 0 Å². The maximum absolute atomic E-state index is 9.70. The van der Waals surface area contributed by atoms with Crippen molar-refractivity contribution in [2.24, 2.45) is 5.92 Å². The van der Waals surface area contributed by atoms with Gasteiger partial charge in [0.1, 0.15) is 0 Å². The summed E-state index contributed by atoms with van der Waals surface area (Å²) < 4.78 is 5.40. The predicted octanol–water partition coefficient (Wildman–Crippen LogP) is 1.90. The first kappa shape index (κ1) is 15.3. The van der Waals surface area contributed by atoms with Crippen molar-refractivity contribution in [1.29, 1.82) is 0 Å². The first-order chi connectivity index (χ1) is 8.18. The molecule has 1 heterocycles. The molecule has 0 saturated carbocycles. The van der Waals surface area contributed by atoms with Gasteiger partial charge in [0.2, 0.25) is 0 Å². The first-order valence-electron chi connectivity index (χ1n) is 6.76. The number of nitrogens with one attached hydrogen (secondary N) is 1. The Labute approximate surface area is 110 Å². The second-order valence-corrected chi connectivity index (χ2v) is 6.64. The fourth-order valence-corrected chi connectivity index (χ4v) is 3.15. The molecular weight excluding hydrogens is 234 g/mol. The van der Waals surface area contributed by atoms with E-state index in [0.717, 1.165) is 18.4 Å². The minimum atomic E-state index is -0.373. The van der Waals surface area contributed by atoms with Crippen LogP contribution in [0.4, 0.5) is 0 Å². The molecule has 2 atom stereocenters. The molecule has 1 aliphatic heterocycles. The van der Waals surface area contributed by atoms with Crippen molar-refractivity contribution in [1.82, 2.24) is 5.32 Å². The van der Waals surface area contributed by atoms with Crippen molar-refractivity contribution in [2.45, 2.75) is 44.5 Å². The van der Waals surface area contributed by atoms with Crippen LogP contribution in [0.1, 0.15) is 33.1 Å². The lowest BCUT2D eigenvalue weighted by atomic mass is 10.2. The highest BCUT2D eigenvalue weighted by Crippen LogP contribution is 2.24.